The second-order valence-corrected chi connectivity index (χ2v) is 6.17. The molecule has 0 unspecified atom stereocenters. The Kier molecular flexibility index (Phi) is 3.80. The van der Waals surface area contributed by atoms with Gasteiger partial charge in [-0.2, -0.15) is 0 Å². The second-order valence-electron chi connectivity index (χ2n) is 4.86. The van der Waals surface area contributed by atoms with Crippen LogP contribution in [-0.4, -0.2) is 15.7 Å². The van der Waals surface area contributed by atoms with Crippen molar-refractivity contribution in [1.82, 2.24) is 9.97 Å². The number of nitrogens with one attached hydrogen (secondary N) is 1. The molecular weight excluding hydrogens is 280 g/mol. The molecule has 1 heterocycles. The first kappa shape index (κ1) is 13.9. The fourth-order valence-electron chi connectivity index (χ4n) is 2.32. The Morgan fingerprint density at radius 1 is 1.19 bits per heavy atom. The fraction of sp³-hybridized carbons (Fsp3) is 0.176. The molecule has 0 aliphatic carbocycles. The molecule has 3 nitrogen and oxygen atoms in total. The highest BCUT2D eigenvalue weighted by molar-refractivity contribution is 7.99. The number of aryl methyl sites for hydroxylation is 1. The summed E-state index contributed by atoms with van der Waals surface area (Å²) in [5, 5.41) is 0.630. The first-order chi connectivity index (χ1) is 10.2. The van der Waals surface area contributed by atoms with Gasteiger partial charge in [-0.25, -0.2) is 4.98 Å². The van der Waals surface area contributed by atoms with Crippen LogP contribution in [0, 0.1) is 6.92 Å². The van der Waals surface area contributed by atoms with Crippen LogP contribution in [0.1, 0.15) is 12.5 Å². The lowest BCUT2D eigenvalue weighted by atomic mass is 10.1. The highest BCUT2D eigenvalue weighted by atomic mass is 32.2. The maximum absolute atomic E-state index is 12.3. The van der Waals surface area contributed by atoms with Gasteiger partial charge in [0.15, 0.2) is 0 Å². The molecule has 0 fully saturated rings. The van der Waals surface area contributed by atoms with Gasteiger partial charge in [0.1, 0.15) is 5.82 Å². The first-order valence-corrected chi connectivity index (χ1v) is 7.90. The standard InChI is InChI=1S/C17H16N2OS/c1-3-21-15-7-5-4-6-13(15)16-18-14-10-11(2)8-9-12(14)17(20)19-16/h4-10H,3H2,1-2H3,(H,18,19,20). The summed E-state index contributed by atoms with van der Waals surface area (Å²) in [7, 11) is 0. The van der Waals surface area contributed by atoms with E-state index in [1.807, 2.05) is 43.3 Å². The summed E-state index contributed by atoms with van der Waals surface area (Å²) in [5.74, 6) is 1.61. The van der Waals surface area contributed by atoms with Crippen molar-refractivity contribution >= 4 is 22.7 Å². The summed E-state index contributed by atoms with van der Waals surface area (Å²) in [5.41, 5.74) is 2.73. The molecule has 1 N–H and O–H groups in total. The minimum atomic E-state index is -0.0914. The molecule has 0 atom stereocenters. The van der Waals surface area contributed by atoms with E-state index in [2.05, 4.69) is 23.0 Å². The van der Waals surface area contributed by atoms with Gasteiger partial charge in [0, 0.05) is 10.5 Å². The maximum atomic E-state index is 12.3. The third kappa shape index (κ3) is 2.72. The van der Waals surface area contributed by atoms with E-state index >= 15 is 0 Å². The van der Waals surface area contributed by atoms with E-state index in [0.717, 1.165) is 27.3 Å². The smallest absolute Gasteiger partial charge is 0.259 e. The molecule has 0 radical (unpaired) electrons. The lowest BCUT2D eigenvalue weighted by Crippen LogP contribution is -2.09. The minimum Gasteiger partial charge on any atom is -0.306 e. The third-order valence-corrected chi connectivity index (χ3v) is 4.26. The average molecular weight is 296 g/mol. The van der Waals surface area contributed by atoms with Gasteiger partial charge in [-0.1, -0.05) is 31.2 Å². The molecule has 21 heavy (non-hydrogen) atoms. The zero-order valence-electron chi connectivity index (χ0n) is 12.0. The third-order valence-electron chi connectivity index (χ3n) is 3.30. The number of benzene rings is 2. The average Bonchev–Trinajstić information content (AvgIpc) is 2.47. The molecule has 0 spiro atoms. The van der Waals surface area contributed by atoms with E-state index in [-0.39, 0.29) is 5.56 Å². The van der Waals surface area contributed by atoms with Crippen LogP contribution in [0.2, 0.25) is 0 Å². The van der Waals surface area contributed by atoms with Crippen molar-refractivity contribution in [3.05, 3.63) is 58.4 Å². The van der Waals surface area contributed by atoms with Crippen LogP contribution in [0.25, 0.3) is 22.3 Å². The Balaban J connectivity index is 2.24. The fourth-order valence-corrected chi connectivity index (χ4v) is 3.13. The molecule has 0 aliphatic heterocycles. The zero-order chi connectivity index (χ0) is 14.8. The van der Waals surface area contributed by atoms with E-state index < -0.39 is 0 Å². The van der Waals surface area contributed by atoms with Crippen LogP contribution in [0.5, 0.6) is 0 Å². The van der Waals surface area contributed by atoms with Crippen molar-refractivity contribution in [2.24, 2.45) is 0 Å². The van der Waals surface area contributed by atoms with E-state index in [1.165, 1.54) is 0 Å². The molecule has 4 heteroatoms. The molecule has 0 bridgehead atoms. The number of aromatic nitrogens is 2. The van der Waals surface area contributed by atoms with Gasteiger partial charge in [-0.15, -0.1) is 11.8 Å². The molecule has 3 rings (SSSR count). The number of hydrogen-bond acceptors (Lipinski definition) is 3. The van der Waals surface area contributed by atoms with Crippen LogP contribution in [0.4, 0.5) is 0 Å². The number of nitrogens with zero attached hydrogens (tertiary/aromatic N) is 1. The molecule has 0 aliphatic rings. The van der Waals surface area contributed by atoms with Crippen LogP contribution in [0.3, 0.4) is 0 Å². The van der Waals surface area contributed by atoms with Gasteiger partial charge in [-0.3, -0.25) is 4.79 Å². The van der Waals surface area contributed by atoms with Gasteiger partial charge in [0.2, 0.25) is 0 Å². The number of aromatic amines is 1. The maximum Gasteiger partial charge on any atom is 0.259 e. The van der Waals surface area contributed by atoms with Crippen LogP contribution < -0.4 is 5.56 Å². The Hall–Kier alpha value is -2.07. The van der Waals surface area contributed by atoms with E-state index in [1.54, 1.807) is 11.8 Å². The number of hydrogen-bond donors (Lipinski definition) is 1. The van der Waals surface area contributed by atoms with Crippen molar-refractivity contribution in [3.63, 3.8) is 0 Å². The SMILES string of the molecule is CCSc1ccccc1-c1nc2cc(C)ccc2c(=O)[nH]1. The molecule has 0 saturated heterocycles. The van der Waals surface area contributed by atoms with Gasteiger partial charge in [-0.05, 0) is 36.4 Å². The van der Waals surface area contributed by atoms with Gasteiger partial charge < -0.3 is 4.98 Å². The zero-order valence-corrected chi connectivity index (χ0v) is 12.8. The summed E-state index contributed by atoms with van der Waals surface area (Å²) >= 11 is 1.75. The summed E-state index contributed by atoms with van der Waals surface area (Å²) in [6.45, 7) is 4.12. The van der Waals surface area contributed by atoms with E-state index in [9.17, 15) is 4.79 Å². The van der Waals surface area contributed by atoms with Crippen molar-refractivity contribution in [3.8, 4) is 11.4 Å². The Bertz CT molecular complexity index is 855. The molecule has 2 aromatic carbocycles. The Morgan fingerprint density at radius 2 is 2.00 bits per heavy atom. The molecule has 0 amide bonds. The van der Waals surface area contributed by atoms with Crippen LogP contribution >= 0.6 is 11.8 Å². The van der Waals surface area contributed by atoms with Crippen molar-refractivity contribution < 1.29 is 0 Å². The summed E-state index contributed by atoms with van der Waals surface area (Å²) in [6, 6.07) is 13.7. The number of fused-ring (bicyclic) bond motifs is 1. The predicted octanol–water partition coefficient (Wildman–Crippen LogP) is 4.01. The van der Waals surface area contributed by atoms with Crippen LogP contribution in [0.15, 0.2) is 52.2 Å². The normalized spacial score (nSPS) is 11.0. The monoisotopic (exact) mass is 296 g/mol. The van der Waals surface area contributed by atoms with E-state index in [4.69, 9.17) is 0 Å². The first-order valence-electron chi connectivity index (χ1n) is 6.92. The minimum absolute atomic E-state index is 0.0914. The van der Waals surface area contributed by atoms with Gasteiger partial charge in [0.25, 0.3) is 5.56 Å². The quantitative estimate of drug-likeness (QED) is 0.743. The highest BCUT2D eigenvalue weighted by Gasteiger charge is 2.09. The van der Waals surface area contributed by atoms with Crippen molar-refractivity contribution in [1.29, 1.82) is 0 Å². The number of thioether (sulfide) groups is 1. The van der Waals surface area contributed by atoms with Gasteiger partial charge >= 0.3 is 0 Å². The Morgan fingerprint density at radius 3 is 2.81 bits per heavy atom. The lowest BCUT2D eigenvalue weighted by Gasteiger charge is -2.08. The second kappa shape index (κ2) is 5.74. The highest BCUT2D eigenvalue weighted by Crippen LogP contribution is 2.29. The molecule has 106 valence electrons. The van der Waals surface area contributed by atoms with E-state index in [0.29, 0.717) is 11.2 Å². The van der Waals surface area contributed by atoms with Crippen LogP contribution in [-0.2, 0) is 0 Å². The largest absolute Gasteiger partial charge is 0.306 e. The molecule has 3 aromatic rings. The summed E-state index contributed by atoms with van der Waals surface area (Å²) < 4.78 is 0. The number of rotatable bonds is 3. The lowest BCUT2D eigenvalue weighted by molar-refractivity contribution is 1.16. The molecule has 1 aromatic heterocycles. The van der Waals surface area contributed by atoms with Crippen molar-refractivity contribution in [2.45, 2.75) is 18.7 Å². The molecule has 0 saturated carbocycles. The Labute approximate surface area is 127 Å². The van der Waals surface area contributed by atoms with Gasteiger partial charge in [0.05, 0.1) is 10.9 Å². The summed E-state index contributed by atoms with van der Waals surface area (Å²) in [4.78, 5) is 20.9. The molecular formula is C17H16N2OS. The summed E-state index contributed by atoms with van der Waals surface area (Å²) in [6.07, 6.45) is 0. The number of H-pyrrole nitrogens is 1. The topological polar surface area (TPSA) is 45.8 Å². The predicted molar refractivity (Wildman–Crippen MR) is 88.9 cm³/mol. The van der Waals surface area contributed by atoms with Crippen molar-refractivity contribution in [2.75, 3.05) is 5.75 Å².